The van der Waals surface area contributed by atoms with Crippen molar-refractivity contribution >= 4 is 11.9 Å². The largest absolute Gasteiger partial charge is 0.490 e. The average molecular weight is 370 g/mol. The summed E-state index contributed by atoms with van der Waals surface area (Å²) in [6.45, 7) is 4.51. The number of piperidine rings is 1. The fourth-order valence-electron chi connectivity index (χ4n) is 3.05. The maximum atomic E-state index is 12.4. The Morgan fingerprint density at radius 1 is 1.15 bits per heavy atom. The van der Waals surface area contributed by atoms with Crippen molar-refractivity contribution in [3.8, 4) is 11.5 Å². The van der Waals surface area contributed by atoms with Crippen LogP contribution in [0.3, 0.4) is 0 Å². The second kappa shape index (κ2) is 9.75. The third-order valence-electron chi connectivity index (χ3n) is 4.43. The van der Waals surface area contributed by atoms with Gasteiger partial charge in [0, 0.05) is 51.3 Å². The number of benzene rings is 1. The Labute approximate surface area is 159 Å². The van der Waals surface area contributed by atoms with E-state index in [0.717, 1.165) is 24.3 Å². The lowest BCUT2D eigenvalue weighted by molar-refractivity contribution is -0.132. The van der Waals surface area contributed by atoms with Crippen molar-refractivity contribution in [2.75, 3.05) is 31.6 Å². The van der Waals surface area contributed by atoms with Crippen LogP contribution in [0.5, 0.6) is 11.5 Å². The molecule has 27 heavy (non-hydrogen) atoms. The van der Waals surface area contributed by atoms with E-state index < -0.39 is 0 Å². The van der Waals surface area contributed by atoms with Gasteiger partial charge in [-0.3, -0.25) is 4.79 Å². The van der Waals surface area contributed by atoms with Gasteiger partial charge >= 0.3 is 0 Å². The van der Waals surface area contributed by atoms with Gasteiger partial charge in [0.1, 0.15) is 6.10 Å². The third kappa shape index (κ3) is 5.57. The van der Waals surface area contributed by atoms with E-state index in [4.69, 9.17) is 9.47 Å². The first-order chi connectivity index (χ1) is 13.3. The maximum Gasteiger partial charge on any atom is 0.224 e. The van der Waals surface area contributed by atoms with Crippen molar-refractivity contribution in [3.63, 3.8) is 0 Å². The van der Waals surface area contributed by atoms with Gasteiger partial charge in [0.2, 0.25) is 11.9 Å². The Morgan fingerprint density at radius 3 is 2.56 bits per heavy atom. The normalized spacial score (nSPS) is 14.6. The Hall–Kier alpha value is -2.83. The Bertz CT molecular complexity index is 718. The number of hydrogen-bond acceptors (Lipinski definition) is 6. The van der Waals surface area contributed by atoms with E-state index in [0.29, 0.717) is 38.6 Å². The number of anilines is 1. The van der Waals surface area contributed by atoms with Crippen molar-refractivity contribution < 1.29 is 14.3 Å². The van der Waals surface area contributed by atoms with E-state index in [1.807, 2.05) is 36.1 Å². The summed E-state index contributed by atoms with van der Waals surface area (Å²) in [4.78, 5) is 22.4. The first-order valence-corrected chi connectivity index (χ1v) is 9.43. The number of hydrogen-bond donors (Lipinski definition) is 1. The van der Waals surface area contributed by atoms with Crippen LogP contribution in [-0.2, 0) is 4.79 Å². The lowest BCUT2D eigenvalue weighted by Crippen LogP contribution is -2.42. The molecule has 0 saturated carbocycles. The average Bonchev–Trinajstić information content (AvgIpc) is 2.71. The monoisotopic (exact) mass is 370 g/mol. The molecule has 144 valence electrons. The van der Waals surface area contributed by atoms with Crippen molar-refractivity contribution in [2.45, 2.75) is 32.3 Å². The highest BCUT2D eigenvalue weighted by molar-refractivity contribution is 5.76. The number of amides is 1. The zero-order chi connectivity index (χ0) is 18.9. The summed E-state index contributed by atoms with van der Waals surface area (Å²) in [7, 11) is 0. The number of nitrogens with one attached hydrogen (secondary N) is 1. The minimum Gasteiger partial charge on any atom is -0.490 e. The van der Waals surface area contributed by atoms with Crippen LogP contribution in [-0.4, -0.2) is 53.1 Å². The van der Waals surface area contributed by atoms with Crippen LogP contribution >= 0.6 is 0 Å². The van der Waals surface area contributed by atoms with Crippen LogP contribution in [0.25, 0.3) is 0 Å². The molecular weight excluding hydrogens is 344 g/mol. The van der Waals surface area contributed by atoms with E-state index in [2.05, 4.69) is 15.3 Å². The molecule has 1 N–H and O–H groups in total. The second-order valence-corrected chi connectivity index (χ2v) is 6.33. The van der Waals surface area contributed by atoms with Crippen LogP contribution < -0.4 is 14.8 Å². The molecule has 0 aliphatic carbocycles. The number of nitrogens with zero attached hydrogens (tertiary/aromatic N) is 3. The summed E-state index contributed by atoms with van der Waals surface area (Å²) in [6, 6.07) is 9.49. The van der Waals surface area contributed by atoms with Gasteiger partial charge in [-0.15, -0.1) is 0 Å². The molecule has 2 heterocycles. The Balaban J connectivity index is 1.41. The molecule has 0 spiro atoms. The molecule has 1 aromatic heterocycles. The number of carbonyl (C=O) groups excluding carboxylic acids is 1. The fourth-order valence-corrected chi connectivity index (χ4v) is 3.05. The molecule has 1 fully saturated rings. The molecule has 1 aromatic carbocycles. The van der Waals surface area contributed by atoms with Crippen LogP contribution in [0.2, 0.25) is 0 Å². The summed E-state index contributed by atoms with van der Waals surface area (Å²) in [6.07, 6.45) is 5.52. The summed E-state index contributed by atoms with van der Waals surface area (Å²) >= 11 is 0. The highest BCUT2D eigenvalue weighted by Gasteiger charge is 2.24. The molecule has 3 rings (SSSR count). The van der Waals surface area contributed by atoms with Crippen molar-refractivity contribution in [2.24, 2.45) is 0 Å². The molecule has 0 bridgehead atoms. The number of likely N-dealkylation sites (tertiary alicyclic amines) is 1. The summed E-state index contributed by atoms with van der Waals surface area (Å²) in [5.74, 6) is 2.24. The van der Waals surface area contributed by atoms with Crippen molar-refractivity contribution in [1.29, 1.82) is 0 Å². The molecule has 1 aliphatic heterocycles. The number of ether oxygens (including phenoxy) is 2. The number of aromatic nitrogens is 2. The van der Waals surface area contributed by atoms with Gasteiger partial charge in [-0.25, -0.2) is 9.97 Å². The van der Waals surface area contributed by atoms with Gasteiger partial charge in [0.05, 0.1) is 6.61 Å². The van der Waals surface area contributed by atoms with E-state index in [1.54, 1.807) is 18.5 Å². The quantitative estimate of drug-likeness (QED) is 0.770. The molecule has 7 nitrogen and oxygen atoms in total. The standard InChI is InChI=1S/C20H26N4O3/c1-2-26-17-6-3-4-7-18(17)27-16-9-14-24(15-10-16)19(25)8-13-23-20-21-11-5-12-22-20/h3-7,11-12,16H,2,8-10,13-15H2,1H3,(H,21,22,23). The zero-order valence-corrected chi connectivity index (χ0v) is 15.6. The molecule has 1 amide bonds. The van der Waals surface area contributed by atoms with Gasteiger partial charge in [0.15, 0.2) is 11.5 Å². The predicted octanol–water partition coefficient (Wildman–Crippen LogP) is 2.75. The third-order valence-corrected chi connectivity index (χ3v) is 4.43. The molecule has 0 unspecified atom stereocenters. The fraction of sp³-hybridized carbons (Fsp3) is 0.450. The Morgan fingerprint density at radius 2 is 1.85 bits per heavy atom. The molecule has 0 radical (unpaired) electrons. The van der Waals surface area contributed by atoms with Gasteiger partial charge < -0.3 is 19.7 Å². The number of carbonyl (C=O) groups is 1. The molecule has 1 saturated heterocycles. The van der Waals surface area contributed by atoms with E-state index >= 15 is 0 Å². The summed E-state index contributed by atoms with van der Waals surface area (Å²) < 4.78 is 11.7. The van der Waals surface area contributed by atoms with E-state index in [1.165, 1.54) is 0 Å². The molecule has 1 aliphatic rings. The lowest BCUT2D eigenvalue weighted by Gasteiger charge is -2.32. The van der Waals surface area contributed by atoms with Crippen LogP contribution in [0.4, 0.5) is 5.95 Å². The second-order valence-electron chi connectivity index (χ2n) is 6.33. The van der Waals surface area contributed by atoms with Crippen LogP contribution in [0.15, 0.2) is 42.7 Å². The summed E-state index contributed by atoms with van der Waals surface area (Å²) in [5, 5.41) is 3.07. The van der Waals surface area contributed by atoms with Crippen molar-refractivity contribution in [1.82, 2.24) is 14.9 Å². The first-order valence-electron chi connectivity index (χ1n) is 9.43. The van der Waals surface area contributed by atoms with Crippen molar-refractivity contribution in [3.05, 3.63) is 42.7 Å². The molecule has 7 heteroatoms. The van der Waals surface area contributed by atoms with Gasteiger partial charge in [0.25, 0.3) is 0 Å². The molecule has 2 aromatic rings. The van der Waals surface area contributed by atoms with Gasteiger partial charge in [-0.05, 0) is 25.1 Å². The molecular formula is C20H26N4O3. The minimum absolute atomic E-state index is 0.103. The number of para-hydroxylation sites is 2. The highest BCUT2D eigenvalue weighted by Crippen LogP contribution is 2.29. The van der Waals surface area contributed by atoms with E-state index in [-0.39, 0.29) is 12.0 Å². The molecule has 0 atom stereocenters. The first kappa shape index (κ1) is 18.9. The van der Waals surface area contributed by atoms with E-state index in [9.17, 15) is 4.79 Å². The smallest absolute Gasteiger partial charge is 0.224 e. The lowest BCUT2D eigenvalue weighted by atomic mass is 10.1. The topological polar surface area (TPSA) is 76.6 Å². The minimum atomic E-state index is 0.103. The highest BCUT2D eigenvalue weighted by atomic mass is 16.5. The predicted molar refractivity (Wildman–Crippen MR) is 103 cm³/mol. The van der Waals surface area contributed by atoms with Crippen LogP contribution in [0.1, 0.15) is 26.2 Å². The zero-order valence-electron chi connectivity index (χ0n) is 15.6. The van der Waals surface area contributed by atoms with Gasteiger partial charge in [-0.2, -0.15) is 0 Å². The SMILES string of the molecule is CCOc1ccccc1OC1CCN(C(=O)CCNc2ncccn2)CC1. The Kier molecular flexibility index (Phi) is 6.84. The van der Waals surface area contributed by atoms with Gasteiger partial charge in [-0.1, -0.05) is 12.1 Å². The summed E-state index contributed by atoms with van der Waals surface area (Å²) in [5.41, 5.74) is 0. The number of rotatable bonds is 8. The maximum absolute atomic E-state index is 12.4. The van der Waals surface area contributed by atoms with Crippen LogP contribution in [0, 0.1) is 0 Å².